The molecule has 3 heteroatoms. The smallest absolute Gasteiger partial charge is 0.0922 e. The second kappa shape index (κ2) is 4.94. The van der Waals surface area contributed by atoms with Crippen LogP contribution in [0.3, 0.4) is 0 Å². The molecule has 1 heterocycles. The highest BCUT2D eigenvalue weighted by atomic mass is 14.9. The van der Waals surface area contributed by atoms with Gasteiger partial charge >= 0.3 is 0 Å². The first kappa shape index (κ1) is 10.9. The van der Waals surface area contributed by atoms with E-state index in [4.69, 9.17) is 0 Å². The summed E-state index contributed by atoms with van der Waals surface area (Å²) >= 11 is 0. The first-order valence-corrected chi connectivity index (χ1v) is 5.50. The zero-order valence-electron chi connectivity index (χ0n) is 9.75. The van der Waals surface area contributed by atoms with Crippen LogP contribution in [0.1, 0.15) is 22.4 Å². The molecule has 0 spiro atoms. The van der Waals surface area contributed by atoms with Gasteiger partial charge in [-0.3, -0.25) is 0 Å². The van der Waals surface area contributed by atoms with E-state index in [1.165, 1.54) is 16.7 Å². The molecule has 0 fully saturated rings. The second-order valence-electron chi connectivity index (χ2n) is 4.04. The van der Waals surface area contributed by atoms with Gasteiger partial charge in [0.15, 0.2) is 0 Å². The number of hydrogen-bond acceptors (Lipinski definition) is 2. The molecular weight excluding hydrogens is 198 g/mol. The van der Waals surface area contributed by atoms with Crippen LogP contribution in [0.4, 0.5) is 0 Å². The molecule has 2 N–H and O–H groups in total. The number of aromatic nitrogens is 2. The van der Waals surface area contributed by atoms with Crippen molar-refractivity contribution in [1.29, 1.82) is 0 Å². The molecule has 0 bridgehead atoms. The second-order valence-corrected chi connectivity index (χ2v) is 4.04. The van der Waals surface area contributed by atoms with Gasteiger partial charge in [-0.15, -0.1) is 0 Å². The van der Waals surface area contributed by atoms with Crippen LogP contribution in [0, 0.1) is 13.8 Å². The summed E-state index contributed by atoms with van der Waals surface area (Å²) in [5, 5.41) is 3.40. The van der Waals surface area contributed by atoms with Gasteiger partial charge in [0.25, 0.3) is 0 Å². The summed E-state index contributed by atoms with van der Waals surface area (Å²) in [4.78, 5) is 7.06. The molecule has 0 unspecified atom stereocenters. The molecule has 0 atom stereocenters. The molecule has 0 saturated heterocycles. The van der Waals surface area contributed by atoms with Gasteiger partial charge in [0.05, 0.1) is 6.33 Å². The van der Waals surface area contributed by atoms with E-state index in [2.05, 4.69) is 47.3 Å². The summed E-state index contributed by atoms with van der Waals surface area (Å²) in [6.07, 6.45) is 3.55. The predicted molar refractivity (Wildman–Crippen MR) is 65.0 cm³/mol. The van der Waals surface area contributed by atoms with Crippen LogP contribution >= 0.6 is 0 Å². The molecule has 0 amide bonds. The molecule has 3 nitrogen and oxygen atoms in total. The molecule has 84 valence electrons. The lowest BCUT2D eigenvalue weighted by atomic mass is 10.0. The maximum atomic E-state index is 3.98. The summed E-state index contributed by atoms with van der Waals surface area (Å²) in [5.74, 6) is 0. The van der Waals surface area contributed by atoms with Crippen molar-refractivity contribution in [3.8, 4) is 0 Å². The number of aromatic amines is 1. The molecule has 0 aliphatic carbocycles. The van der Waals surface area contributed by atoms with Crippen LogP contribution in [0.5, 0.6) is 0 Å². The van der Waals surface area contributed by atoms with Gasteiger partial charge in [0.1, 0.15) is 0 Å². The Kier molecular flexibility index (Phi) is 3.37. The van der Waals surface area contributed by atoms with E-state index >= 15 is 0 Å². The normalized spacial score (nSPS) is 10.6. The zero-order chi connectivity index (χ0) is 11.4. The average molecular weight is 215 g/mol. The Morgan fingerprint density at radius 3 is 2.88 bits per heavy atom. The van der Waals surface area contributed by atoms with Gasteiger partial charge in [-0.05, 0) is 30.5 Å². The van der Waals surface area contributed by atoms with Gasteiger partial charge in [0.2, 0.25) is 0 Å². The van der Waals surface area contributed by atoms with Gasteiger partial charge in [-0.2, -0.15) is 0 Å². The number of nitrogens with zero attached hydrogens (tertiary/aromatic N) is 1. The molecule has 0 saturated carbocycles. The largest absolute Gasteiger partial charge is 0.347 e. The Hall–Kier alpha value is -1.61. The van der Waals surface area contributed by atoms with Crippen LogP contribution in [-0.2, 0) is 13.1 Å². The van der Waals surface area contributed by atoms with Crippen LogP contribution in [-0.4, -0.2) is 9.97 Å². The summed E-state index contributed by atoms with van der Waals surface area (Å²) in [6, 6.07) is 6.42. The quantitative estimate of drug-likeness (QED) is 0.821. The van der Waals surface area contributed by atoms with E-state index in [9.17, 15) is 0 Å². The Balaban J connectivity index is 1.92. The fourth-order valence-electron chi connectivity index (χ4n) is 1.72. The minimum Gasteiger partial charge on any atom is -0.347 e. The van der Waals surface area contributed by atoms with Crippen molar-refractivity contribution in [2.75, 3.05) is 0 Å². The van der Waals surface area contributed by atoms with Crippen molar-refractivity contribution in [3.63, 3.8) is 0 Å². The monoisotopic (exact) mass is 215 g/mol. The van der Waals surface area contributed by atoms with E-state index in [0.717, 1.165) is 18.8 Å². The highest BCUT2D eigenvalue weighted by molar-refractivity contribution is 5.32. The van der Waals surface area contributed by atoms with Gasteiger partial charge in [-0.1, -0.05) is 18.2 Å². The van der Waals surface area contributed by atoms with E-state index < -0.39 is 0 Å². The van der Waals surface area contributed by atoms with E-state index in [-0.39, 0.29) is 0 Å². The number of hydrogen-bond donors (Lipinski definition) is 2. The fraction of sp³-hybridized carbons (Fsp3) is 0.308. The van der Waals surface area contributed by atoms with Crippen LogP contribution in [0.25, 0.3) is 0 Å². The van der Waals surface area contributed by atoms with E-state index in [0.29, 0.717) is 0 Å². The van der Waals surface area contributed by atoms with Crippen molar-refractivity contribution < 1.29 is 0 Å². The van der Waals surface area contributed by atoms with Crippen LogP contribution in [0.2, 0.25) is 0 Å². The highest BCUT2D eigenvalue weighted by Crippen LogP contribution is 2.12. The lowest BCUT2D eigenvalue weighted by molar-refractivity contribution is 0.679. The van der Waals surface area contributed by atoms with Crippen LogP contribution in [0.15, 0.2) is 30.7 Å². The van der Waals surface area contributed by atoms with Gasteiger partial charge < -0.3 is 10.3 Å². The third-order valence-corrected chi connectivity index (χ3v) is 2.90. The third-order valence-electron chi connectivity index (χ3n) is 2.90. The van der Waals surface area contributed by atoms with Crippen molar-refractivity contribution >= 4 is 0 Å². The lowest BCUT2D eigenvalue weighted by Crippen LogP contribution is -2.13. The number of aryl methyl sites for hydroxylation is 1. The average Bonchev–Trinajstić information content (AvgIpc) is 2.77. The summed E-state index contributed by atoms with van der Waals surface area (Å²) < 4.78 is 0. The summed E-state index contributed by atoms with van der Waals surface area (Å²) in [5.41, 5.74) is 5.20. The SMILES string of the molecule is Cc1cccc(CNCc2cnc[nH]2)c1C. The number of benzene rings is 1. The maximum absolute atomic E-state index is 3.98. The molecule has 16 heavy (non-hydrogen) atoms. The van der Waals surface area contributed by atoms with Crippen molar-refractivity contribution in [2.24, 2.45) is 0 Å². The minimum atomic E-state index is 0.827. The van der Waals surface area contributed by atoms with Crippen molar-refractivity contribution in [3.05, 3.63) is 53.1 Å². The lowest BCUT2D eigenvalue weighted by Gasteiger charge is -2.09. The Bertz CT molecular complexity index is 446. The first-order chi connectivity index (χ1) is 7.77. The molecule has 0 aliphatic heterocycles. The predicted octanol–water partition coefficient (Wildman–Crippen LogP) is 2.32. The first-order valence-electron chi connectivity index (χ1n) is 5.50. The number of nitrogens with one attached hydrogen (secondary N) is 2. The maximum Gasteiger partial charge on any atom is 0.0922 e. The Labute approximate surface area is 95.9 Å². The van der Waals surface area contributed by atoms with E-state index in [1.54, 1.807) is 6.33 Å². The topological polar surface area (TPSA) is 40.7 Å². The van der Waals surface area contributed by atoms with Gasteiger partial charge in [-0.25, -0.2) is 4.98 Å². The zero-order valence-corrected chi connectivity index (χ0v) is 9.75. The third kappa shape index (κ3) is 2.49. The standard InChI is InChI=1S/C13H17N3/c1-10-4-3-5-12(11(10)2)6-14-7-13-8-15-9-16-13/h3-5,8-9,14H,6-7H2,1-2H3,(H,15,16). The minimum absolute atomic E-state index is 0.827. The van der Waals surface area contributed by atoms with Crippen LogP contribution < -0.4 is 5.32 Å². The Morgan fingerprint density at radius 1 is 1.25 bits per heavy atom. The van der Waals surface area contributed by atoms with Crippen molar-refractivity contribution in [2.45, 2.75) is 26.9 Å². The summed E-state index contributed by atoms with van der Waals surface area (Å²) in [6.45, 7) is 6.04. The number of imidazole rings is 1. The number of rotatable bonds is 4. The fourth-order valence-corrected chi connectivity index (χ4v) is 1.72. The molecule has 2 aromatic rings. The van der Waals surface area contributed by atoms with Crippen molar-refractivity contribution in [1.82, 2.24) is 15.3 Å². The number of H-pyrrole nitrogens is 1. The molecule has 1 aromatic heterocycles. The van der Waals surface area contributed by atoms with Gasteiger partial charge in [0, 0.05) is 25.0 Å². The molecule has 1 aromatic carbocycles. The molecule has 2 rings (SSSR count). The highest BCUT2D eigenvalue weighted by Gasteiger charge is 2.00. The molecule has 0 aliphatic rings. The molecular formula is C13H17N3. The Morgan fingerprint density at radius 2 is 2.12 bits per heavy atom. The summed E-state index contributed by atoms with van der Waals surface area (Å²) in [7, 11) is 0. The molecule has 0 radical (unpaired) electrons. The van der Waals surface area contributed by atoms with E-state index in [1.807, 2.05) is 6.20 Å².